The lowest BCUT2D eigenvalue weighted by atomic mass is 10.1. The Morgan fingerprint density at radius 1 is 1.15 bits per heavy atom. The number of ether oxygens (including phenoxy) is 1. The van der Waals surface area contributed by atoms with Gasteiger partial charge in [0, 0.05) is 4.88 Å². The van der Waals surface area contributed by atoms with Crippen molar-refractivity contribution in [2.75, 3.05) is 12.4 Å². The van der Waals surface area contributed by atoms with Crippen LogP contribution in [-0.4, -0.2) is 24.0 Å². The summed E-state index contributed by atoms with van der Waals surface area (Å²) >= 11 is 2.61. The van der Waals surface area contributed by atoms with E-state index in [9.17, 15) is 9.59 Å². The first-order chi connectivity index (χ1) is 12.3. The molecule has 0 aliphatic carbocycles. The first-order valence-electron chi connectivity index (χ1n) is 7.85. The zero-order chi connectivity index (χ0) is 19.0. The van der Waals surface area contributed by atoms with E-state index in [-0.39, 0.29) is 5.91 Å². The molecule has 1 amide bonds. The van der Waals surface area contributed by atoms with Crippen LogP contribution in [0.15, 0.2) is 16.5 Å². The molecule has 3 aromatic heterocycles. The van der Waals surface area contributed by atoms with Crippen molar-refractivity contribution in [3.63, 3.8) is 0 Å². The highest BCUT2D eigenvalue weighted by Gasteiger charge is 2.24. The lowest BCUT2D eigenvalue weighted by Gasteiger charge is -2.05. The standard InChI is InChI=1S/C18H18N2O4S2/c1-8-6-7-12(24-8)16-19-10(3)14(26-16)15(21)20-17-13(18(22)23-5)9(2)11(4)25-17/h6-7H,1-5H3,(H,20,21). The Labute approximate surface area is 158 Å². The van der Waals surface area contributed by atoms with Gasteiger partial charge in [-0.15, -0.1) is 22.7 Å². The first-order valence-corrected chi connectivity index (χ1v) is 9.49. The second-order valence-corrected chi connectivity index (χ2v) is 8.00. The summed E-state index contributed by atoms with van der Waals surface area (Å²) in [6.45, 7) is 7.37. The van der Waals surface area contributed by atoms with Crippen molar-refractivity contribution >= 4 is 39.6 Å². The summed E-state index contributed by atoms with van der Waals surface area (Å²) in [5, 5.41) is 3.97. The molecule has 136 valence electrons. The van der Waals surface area contributed by atoms with Crippen LogP contribution >= 0.6 is 22.7 Å². The van der Waals surface area contributed by atoms with Gasteiger partial charge in [0.15, 0.2) is 10.8 Å². The van der Waals surface area contributed by atoms with Gasteiger partial charge in [0.2, 0.25) is 0 Å². The predicted molar refractivity (Wildman–Crippen MR) is 102 cm³/mol. The van der Waals surface area contributed by atoms with E-state index in [4.69, 9.17) is 9.15 Å². The monoisotopic (exact) mass is 390 g/mol. The highest BCUT2D eigenvalue weighted by atomic mass is 32.1. The van der Waals surface area contributed by atoms with Crippen LogP contribution in [0.25, 0.3) is 10.8 Å². The molecule has 1 N–H and O–H groups in total. The number of methoxy groups -OCH3 is 1. The van der Waals surface area contributed by atoms with E-state index >= 15 is 0 Å². The van der Waals surface area contributed by atoms with Crippen LogP contribution in [0.2, 0.25) is 0 Å². The Hall–Kier alpha value is -2.45. The maximum atomic E-state index is 12.8. The minimum atomic E-state index is -0.463. The fourth-order valence-corrected chi connectivity index (χ4v) is 4.45. The van der Waals surface area contributed by atoms with Crippen molar-refractivity contribution < 1.29 is 18.7 Å². The molecule has 26 heavy (non-hydrogen) atoms. The zero-order valence-corrected chi connectivity index (χ0v) is 16.7. The Morgan fingerprint density at radius 3 is 2.50 bits per heavy atom. The number of furan rings is 1. The molecule has 0 saturated carbocycles. The molecule has 8 heteroatoms. The van der Waals surface area contributed by atoms with Crippen molar-refractivity contribution in [1.29, 1.82) is 0 Å². The average molecular weight is 390 g/mol. The maximum absolute atomic E-state index is 12.8. The number of aryl methyl sites for hydroxylation is 3. The van der Waals surface area contributed by atoms with Gasteiger partial charge in [-0.2, -0.15) is 0 Å². The van der Waals surface area contributed by atoms with E-state index in [2.05, 4.69) is 10.3 Å². The third kappa shape index (κ3) is 3.30. The van der Waals surface area contributed by atoms with Gasteiger partial charge in [-0.05, 0) is 45.4 Å². The minimum absolute atomic E-state index is 0.305. The molecule has 0 fully saturated rings. The molecular weight excluding hydrogens is 372 g/mol. The molecule has 0 saturated heterocycles. The molecule has 0 atom stereocenters. The number of carbonyl (C=O) groups is 2. The molecule has 0 aliphatic heterocycles. The van der Waals surface area contributed by atoms with Crippen molar-refractivity contribution in [1.82, 2.24) is 4.98 Å². The Kier molecular flexibility index (Phi) is 4.97. The van der Waals surface area contributed by atoms with Crippen LogP contribution < -0.4 is 5.32 Å². The number of aromatic nitrogens is 1. The van der Waals surface area contributed by atoms with E-state index in [1.165, 1.54) is 29.8 Å². The summed E-state index contributed by atoms with van der Waals surface area (Å²) in [7, 11) is 1.32. The maximum Gasteiger partial charge on any atom is 0.341 e. The Bertz CT molecular complexity index is 997. The number of thiazole rings is 1. The van der Waals surface area contributed by atoms with Crippen LogP contribution in [0.3, 0.4) is 0 Å². The zero-order valence-electron chi connectivity index (χ0n) is 15.1. The number of thiophene rings is 1. The predicted octanol–water partition coefficient (Wildman–Crippen LogP) is 4.74. The number of esters is 1. The number of amides is 1. The highest BCUT2D eigenvalue weighted by molar-refractivity contribution is 7.18. The topological polar surface area (TPSA) is 81.4 Å². The van der Waals surface area contributed by atoms with E-state index in [1.54, 1.807) is 6.92 Å². The number of rotatable bonds is 4. The molecule has 3 aromatic rings. The molecule has 3 rings (SSSR count). The fraction of sp³-hybridized carbons (Fsp3) is 0.278. The molecule has 0 bridgehead atoms. The molecule has 6 nitrogen and oxygen atoms in total. The minimum Gasteiger partial charge on any atom is -0.465 e. The van der Waals surface area contributed by atoms with Gasteiger partial charge in [-0.1, -0.05) is 0 Å². The number of carbonyl (C=O) groups excluding carboxylic acids is 2. The lowest BCUT2D eigenvalue weighted by molar-refractivity contribution is 0.0601. The second kappa shape index (κ2) is 7.05. The van der Waals surface area contributed by atoms with Crippen LogP contribution in [0, 0.1) is 27.7 Å². The first kappa shape index (κ1) is 18.3. The summed E-state index contributed by atoms with van der Waals surface area (Å²) in [6, 6.07) is 3.68. The van der Waals surface area contributed by atoms with Crippen LogP contribution in [0.1, 0.15) is 41.9 Å². The van der Waals surface area contributed by atoms with Crippen molar-refractivity contribution in [2.24, 2.45) is 0 Å². The van der Waals surface area contributed by atoms with Gasteiger partial charge in [-0.3, -0.25) is 4.79 Å². The lowest BCUT2D eigenvalue weighted by Crippen LogP contribution is -2.14. The molecule has 0 aliphatic rings. The largest absolute Gasteiger partial charge is 0.465 e. The quantitative estimate of drug-likeness (QED) is 0.651. The van der Waals surface area contributed by atoms with Gasteiger partial charge >= 0.3 is 5.97 Å². The highest BCUT2D eigenvalue weighted by Crippen LogP contribution is 2.35. The Balaban J connectivity index is 1.91. The van der Waals surface area contributed by atoms with Crippen molar-refractivity contribution in [2.45, 2.75) is 27.7 Å². The number of nitrogens with one attached hydrogen (secondary N) is 1. The number of hydrogen-bond acceptors (Lipinski definition) is 7. The molecule has 3 heterocycles. The van der Waals surface area contributed by atoms with Gasteiger partial charge < -0.3 is 14.5 Å². The van der Waals surface area contributed by atoms with Crippen LogP contribution in [-0.2, 0) is 4.74 Å². The smallest absolute Gasteiger partial charge is 0.341 e. The normalized spacial score (nSPS) is 10.8. The summed E-state index contributed by atoms with van der Waals surface area (Å²) in [5.74, 6) is 0.648. The fourth-order valence-electron chi connectivity index (χ4n) is 2.48. The summed E-state index contributed by atoms with van der Waals surface area (Å²) in [5.41, 5.74) is 1.82. The van der Waals surface area contributed by atoms with Crippen molar-refractivity contribution in [3.8, 4) is 10.8 Å². The van der Waals surface area contributed by atoms with E-state index in [0.717, 1.165) is 16.2 Å². The van der Waals surface area contributed by atoms with E-state index < -0.39 is 5.97 Å². The summed E-state index contributed by atoms with van der Waals surface area (Å²) in [6.07, 6.45) is 0. The Morgan fingerprint density at radius 2 is 1.88 bits per heavy atom. The summed E-state index contributed by atoms with van der Waals surface area (Å²) in [4.78, 5) is 30.7. The third-order valence-corrected chi connectivity index (χ3v) is 6.25. The van der Waals surface area contributed by atoms with Crippen LogP contribution in [0.4, 0.5) is 5.00 Å². The van der Waals surface area contributed by atoms with E-state index in [1.807, 2.05) is 32.9 Å². The molecule has 0 unspecified atom stereocenters. The molecular formula is C18H18N2O4S2. The van der Waals surface area contributed by atoms with Gasteiger partial charge in [0.1, 0.15) is 15.6 Å². The summed E-state index contributed by atoms with van der Waals surface area (Å²) < 4.78 is 10.4. The van der Waals surface area contributed by atoms with Gasteiger partial charge in [0.05, 0.1) is 18.4 Å². The SMILES string of the molecule is COC(=O)c1c(NC(=O)c2sc(-c3ccc(C)o3)nc2C)sc(C)c1C. The number of nitrogens with zero attached hydrogens (tertiary/aromatic N) is 1. The van der Waals surface area contributed by atoms with Gasteiger partial charge in [0.25, 0.3) is 5.91 Å². The molecule has 0 aromatic carbocycles. The number of hydrogen-bond donors (Lipinski definition) is 1. The second-order valence-electron chi connectivity index (χ2n) is 5.78. The van der Waals surface area contributed by atoms with E-state index in [0.29, 0.717) is 31.9 Å². The number of anilines is 1. The average Bonchev–Trinajstić information content (AvgIpc) is 3.26. The van der Waals surface area contributed by atoms with Crippen LogP contribution in [0.5, 0.6) is 0 Å². The molecule has 0 spiro atoms. The molecule has 0 radical (unpaired) electrons. The third-order valence-electron chi connectivity index (χ3n) is 3.96. The van der Waals surface area contributed by atoms with Gasteiger partial charge in [-0.25, -0.2) is 9.78 Å². The van der Waals surface area contributed by atoms with Crippen molar-refractivity contribution in [3.05, 3.63) is 44.5 Å².